The third kappa shape index (κ3) is 3.49. The number of carbonyl (C=O) groups is 1. The number of nitrogens with two attached hydrogens (primary N) is 1. The van der Waals surface area contributed by atoms with E-state index in [0.29, 0.717) is 12.1 Å². The minimum atomic E-state index is -4.54. The molecule has 1 aromatic rings. The number of halogens is 5. The average molecular weight is 287 g/mol. The van der Waals surface area contributed by atoms with Crippen LogP contribution in [0.2, 0.25) is 10.0 Å². The SMILES string of the molecule is NNC(=O)Cc1c(Cl)cc(C(F)(F)F)cc1Cl. The van der Waals surface area contributed by atoms with Crippen molar-refractivity contribution in [3.05, 3.63) is 33.3 Å². The molecule has 0 radical (unpaired) electrons. The summed E-state index contributed by atoms with van der Waals surface area (Å²) in [5, 5.41) is -0.457. The highest BCUT2D eigenvalue weighted by atomic mass is 35.5. The topological polar surface area (TPSA) is 55.1 Å². The van der Waals surface area contributed by atoms with Gasteiger partial charge in [0.2, 0.25) is 5.91 Å². The van der Waals surface area contributed by atoms with Crippen LogP contribution in [0.15, 0.2) is 12.1 Å². The van der Waals surface area contributed by atoms with Crippen molar-refractivity contribution in [3.8, 4) is 0 Å². The van der Waals surface area contributed by atoms with Gasteiger partial charge in [0.25, 0.3) is 0 Å². The Balaban J connectivity index is 3.15. The predicted molar refractivity (Wildman–Crippen MR) is 57.5 cm³/mol. The highest BCUT2D eigenvalue weighted by molar-refractivity contribution is 6.36. The third-order valence-electron chi connectivity index (χ3n) is 1.97. The number of amides is 1. The monoisotopic (exact) mass is 286 g/mol. The lowest BCUT2D eigenvalue weighted by molar-refractivity contribution is -0.137. The van der Waals surface area contributed by atoms with Crippen molar-refractivity contribution in [1.82, 2.24) is 5.43 Å². The maximum Gasteiger partial charge on any atom is 0.416 e. The van der Waals surface area contributed by atoms with Crippen molar-refractivity contribution in [2.45, 2.75) is 12.6 Å². The summed E-state index contributed by atoms with van der Waals surface area (Å²) in [4.78, 5) is 11.0. The lowest BCUT2D eigenvalue weighted by Gasteiger charge is -2.11. The summed E-state index contributed by atoms with van der Waals surface area (Å²) in [7, 11) is 0. The van der Waals surface area contributed by atoms with E-state index in [4.69, 9.17) is 29.0 Å². The minimum absolute atomic E-state index is 0.101. The van der Waals surface area contributed by atoms with Gasteiger partial charge in [0.05, 0.1) is 12.0 Å². The molecule has 1 rings (SSSR count). The highest BCUT2D eigenvalue weighted by Crippen LogP contribution is 2.35. The summed E-state index contributed by atoms with van der Waals surface area (Å²) in [6.45, 7) is 0. The molecule has 3 nitrogen and oxygen atoms in total. The Bertz CT molecular complexity index is 425. The van der Waals surface area contributed by atoms with E-state index in [1.54, 1.807) is 0 Å². The van der Waals surface area contributed by atoms with Crippen LogP contribution in [-0.4, -0.2) is 5.91 Å². The van der Waals surface area contributed by atoms with Gasteiger partial charge in [0.1, 0.15) is 0 Å². The summed E-state index contributed by atoms with van der Waals surface area (Å²) in [5.41, 5.74) is 0.967. The fraction of sp³-hybridized carbons (Fsp3) is 0.222. The molecular formula is C9H7Cl2F3N2O. The van der Waals surface area contributed by atoms with Gasteiger partial charge in [-0.3, -0.25) is 10.2 Å². The number of nitrogens with one attached hydrogen (secondary N) is 1. The van der Waals surface area contributed by atoms with Gasteiger partial charge >= 0.3 is 6.18 Å². The Labute approximate surface area is 105 Å². The van der Waals surface area contributed by atoms with E-state index in [2.05, 4.69) is 0 Å². The molecule has 8 heteroatoms. The molecule has 0 aliphatic carbocycles. The van der Waals surface area contributed by atoms with Crippen LogP contribution in [0.25, 0.3) is 0 Å². The molecule has 1 amide bonds. The number of benzene rings is 1. The van der Waals surface area contributed by atoms with Gasteiger partial charge < -0.3 is 0 Å². The molecule has 0 saturated heterocycles. The average Bonchev–Trinajstić information content (AvgIpc) is 2.21. The predicted octanol–water partition coefficient (Wildman–Crippen LogP) is 2.54. The smallest absolute Gasteiger partial charge is 0.294 e. The van der Waals surface area contributed by atoms with Crippen LogP contribution in [0.1, 0.15) is 11.1 Å². The number of hydrogen-bond donors (Lipinski definition) is 2. The molecule has 0 unspecified atom stereocenters. The van der Waals surface area contributed by atoms with Gasteiger partial charge in [0, 0.05) is 10.0 Å². The Morgan fingerprint density at radius 1 is 1.29 bits per heavy atom. The number of carbonyl (C=O) groups excluding carboxylic acids is 1. The van der Waals surface area contributed by atoms with E-state index in [9.17, 15) is 18.0 Å². The third-order valence-corrected chi connectivity index (χ3v) is 2.64. The standard InChI is InChI=1S/C9H7Cl2F3N2O/c10-6-1-4(9(12,13)14)2-7(11)5(6)3-8(17)16-15/h1-2H,3,15H2,(H,16,17). The van der Waals surface area contributed by atoms with Crippen LogP contribution >= 0.6 is 23.2 Å². The number of alkyl halides is 3. The first-order valence-corrected chi connectivity index (χ1v) is 5.06. The van der Waals surface area contributed by atoms with Gasteiger partial charge in [-0.05, 0) is 17.7 Å². The van der Waals surface area contributed by atoms with Crippen LogP contribution in [0.4, 0.5) is 13.2 Å². The zero-order valence-electron chi connectivity index (χ0n) is 8.24. The Morgan fingerprint density at radius 3 is 2.12 bits per heavy atom. The molecule has 0 spiro atoms. The van der Waals surface area contributed by atoms with E-state index in [0.717, 1.165) is 0 Å². The molecule has 0 saturated carbocycles. The molecule has 0 heterocycles. The summed E-state index contributed by atoms with van der Waals surface area (Å²) in [6.07, 6.45) is -4.83. The largest absolute Gasteiger partial charge is 0.416 e. The maximum absolute atomic E-state index is 12.4. The zero-order chi connectivity index (χ0) is 13.2. The van der Waals surface area contributed by atoms with Gasteiger partial charge in [-0.2, -0.15) is 13.2 Å². The van der Waals surface area contributed by atoms with Crippen LogP contribution in [0, 0.1) is 0 Å². The number of hydrazine groups is 1. The molecule has 0 bridgehead atoms. The maximum atomic E-state index is 12.4. The van der Waals surface area contributed by atoms with Crippen LogP contribution in [-0.2, 0) is 17.4 Å². The summed E-state index contributed by atoms with van der Waals surface area (Å²) >= 11 is 11.3. The molecule has 17 heavy (non-hydrogen) atoms. The van der Waals surface area contributed by atoms with E-state index in [1.165, 1.54) is 0 Å². The zero-order valence-corrected chi connectivity index (χ0v) is 9.75. The van der Waals surface area contributed by atoms with Gasteiger partial charge in [0.15, 0.2) is 0 Å². The number of rotatable bonds is 2. The molecule has 0 atom stereocenters. The van der Waals surface area contributed by atoms with Crippen molar-refractivity contribution in [1.29, 1.82) is 0 Å². The minimum Gasteiger partial charge on any atom is -0.294 e. The lowest BCUT2D eigenvalue weighted by atomic mass is 10.1. The van der Waals surface area contributed by atoms with Crippen molar-refractivity contribution in [3.63, 3.8) is 0 Å². The quantitative estimate of drug-likeness (QED) is 0.499. The second kappa shape index (κ2) is 5.12. The summed E-state index contributed by atoms with van der Waals surface area (Å²) < 4.78 is 37.2. The fourth-order valence-corrected chi connectivity index (χ4v) is 1.77. The van der Waals surface area contributed by atoms with Crippen molar-refractivity contribution in [2.24, 2.45) is 5.84 Å². The summed E-state index contributed by atoms with van der Waals surface area (Å²) in [5.74, 6) is 4.25. The molecule has 94 valence electrons. The van der Waals surface area contributed by atoms with Crippen molar-refractivity contribution < 1.29 is 18.0 Å². The molecule has 1 aromatic carbocycles. The van der Waals surface area contributed by atoms with Crippen LogP contribution in [0.5, 0.6) is 0 Å². The van der Waals surface area contributed by atoms with E-state index >= 15 is 0 Å². The van der Waals surface area contributed by atoms with E-state index < -0.39 is 17.6 Å². The van der Waals surface area contributed by atoms with Crippen molar-refractivity contribution in [2.75, 3.05) is 0 Å². The van der Waals surface area contributed by atoms with Crippen LogP contribution < -0.4 is 11.3 Å². The van der Waals surface area contributed by atoms with Gasteiger partial charge in [-0.1, -0.05) is 23.2 Å². The second-order valence-electron chi connectivity index (χ2n) is 3.16. The number of hydrogen-bond acceptors (Lipinski definition) is 2. The van der Waals surface area contributed by atoms with E-state index in [1.807, 2.05) is 5.43 Å². The highest BCUT2D eigenvalue weighted by Gasteiger charge is 2.32. The summed E-state index contributed by atoms with van der Waals surface area (Å²) in [6, 6.07) is 1.43. The van der Waals surface area contributed by atoms with Crippen molar-refractivity contribution >= 4 is 29.1 Å². The normalized spacial score (nSPS) is 11.4. The molecule has 0 aliphatic rings. The Morgan fingerprint density at radius 2 is 1.76 bits per heavy atom. The van der Waals surface area contributed by atoms with Gasteiger partial charge in [-0.25, -0.2) is 5.84 Å². The molecule has 0 fully saturated rings. The fourth-order valence-electron chi connectivity index (χ4n) is 1.15. The molecule has 0 aliphatic heterocycles. The first-order chi connectivity index (χ1) is 7.75. The Kier molecular flexibility index (Phi) is 4.24. The van der Waals surface area contributed by atoms with Gasteiger partial charge in [-0.15, -0.1) is 0 Å². The second-order valence-corrected chi connectivity index (χ2v) is 3.97. The molecular weight excluding hydrogens is 280 g/mol. The molecule has 0 aromatic heterocycles. The molecule has 3 N–H and O–H groups in total. The van der Waals surface area contributed by atoms with Crippen LogP contribution in [0.3, 0.4) is 0 Å². The first kappa shape index (κ1) is 14.1. The lowest BCUT2D eigenvalue weighted by Crippen LogP contribution is -2.31. The van der Waals surface area contributed by atoms with E-state index in [-0.39, 0.29) is 22.0 Å². The Hall–Kier alpha value is -0.980. The first-order valence-electron chi connectivity index (χ1n) is 4.30.